The van der Waals surface area contributed by atoms with Gasteiger partial charge in [0, 0.05) is 17.8 Å². The molecule has 0 radical (unpaired) electrons. The number of hydrogen-bond acceptors (Lipinski definition) is 3. The first-order chi connectivity index (χ1) is 8.15. The number of pyridine rings is 1. The third kappa shape index (κ3) is 2.57. The lowest BCUT2D eigenvalue weighted by atomic mass is 9.92. The summed E-state index contributed by atoms with van der Waals surface area (Å²) in [4.78, 5) is 3.88. The van der Waals surface area contributed by atoms with Crippen LogP contribution < -0.4 is 10.5 Å². The Morgan fingerprint density at radius 3 is 2.88 bits per heavy atom. The second-order valence-corrected chi connectivity index (χ2v) is 4.67. The maximum atomic E-state index is 14.1. The summed E-state index contributed by atoms with van der Waals surface area (Å²) < 4.78 is 19.2. The van der Waals surface area contributed by atoms with Crippen LogP contribution in [0, 0.1) is 17.7 Å². The molecule has 1 heterocycles. The zero-order valence-corrected chi connectivity index (χ0v) is 10.3. The van der Waals surface area contributed by atoms with Crippen LogP contribution in [0.15, 0.2) is 12.3 Å². The van der Waals surface area contributed by atoms with E-state index in [1.165, 1.54) is 12.8 Å². The summed E-state index contributed by atoms with van der Waals surface area (Å²) in [6, 6.07) is 1.38. The number of ether oxygens (including phenoxy) is 1. The first-order valence-electron chi connectivity index (χ1n) is 6.18. The molecule has 0 aromatic carbocycles. The topological polar surface area (TPSA) is 48.1 Å². The Balaban J connectivity index is 2.21. The predicted molar refractivity (Wildman–Crippen MR) is 64.2 cm³/mol. The fourth-order valence-corrected chi connectivity index (χ4v) is 2.13. The van der Waals surface area contributed by atoms with Gasteiger partial charge < -0.3 is 10.5 Å². The molecule has 1 saturated carbocycles. The fraction of sp³-hybridized carbons (Fsp3) is 0.615. The molecule has 0 saturated heterocycles. The van der Waals surface area contributed by atoms with Crippen molar-refractivity contribution in [3.05, 3.63) is 23.6 Å². The van der Waals surface area contributed by atoms with Crippen LogP contribution >= 0.6 is 0 Å². The zero-order valence-electron chi connectivity index (χ0n) is 10.3. The van der Waals surface area contributed by atoms with Gasteiger partial charge in [0.2, 0.25) is 0 Å². The molecule has 2 atom stereocenters. The molecule has 2 unspecified atom stereocenters. The van der Waals surface area contributed by atoms with E-state index in [1.54, 1.807) is 19.2 Å². The highest BCUT2D eigenvalue weighted by Gasteiger charge is 2.33. The van der Waals surface area contributed by atoms with E-state index < -0.39 is 5.82 Å². The van der Waals surface area contributed by atoms with Crippen molar-refractivity contribution in [3.8, 4) is 5.88 Å². The number of hydrogen-bond donors (Lipinski definition) is 1. The number of aromatic nitrogens is 1. The van der Waals surface area contributed by atoms with E-state index in [0.717, 1.165) is 0 Å². The van der Waals surface area contributed by atoms with Gasteiger partial charge in [0.15, 0.2) is 5.82 Å². The third-order valence-electron chi connectivity index (χ3n) is 3.46. The molecular weight excluding hydrogens is 219 g/mol. The lowest BCUT2D eigenvalue weighted by Gasteiger charge is -2.20. The molecule has 1 aliphatic carbocycles. The summed E-state index contributed by atoms with van der Waals surface area (Å²) in [6.45, 7) is 4.30. The SMILES string of the molecule is CCOc1nccc(C(N)C(C)C2CC2)c1F. The normalized spacial score (nSPS) is 18.8. The Hall–Kier alpha value is -1.16. The van der Waals surface area contributed by atoms with Gasteiger partial charge in [0.1, 0.15) is 0 Å². The monoisotopic (exact) mass is 238 g/mol. The maximum Gasteiger partial charge on any atom is 0.250 e. The summed E-state index contributed by atoms with van der Waals surface area (Å²) in [5, 5.41) is 0. The summed E-state index contributed by atoms with van der Waals surface area (Å²) >= 11 is 0. The van der Waals surface area contributed by atoms with Gasteiger partial charge >= 0.3 is 0 Å². The van der Waals surface area contributed by atoms with Crippen molar-refractivity contribution in [1.29, 1.82) is 0 Å². The Morgan fingerprint density at radius 1 is 1.59 bits per heavy atom. The number of halogens is 1. The average Bonchev–Trinajstić information content (AvgIpc) is 3.14. The summed E-state index contributed by atoms with van der Waals surface area (Å²) in [5.41, 5.74) is 6.64. The minimum absolute atomic E-state index is 0.0587. The van der Waals surface area contributed by atoms with Crippen LogP contribution in [-0.4, -0.2) is 11.6 Å². The largest absolute Gasteiger partial charge is 0.476 e. The van der Waals surface area contributed by atoms with Gasteiger partial charge in [-0.3, -0.25) is 0 Å². The molecule has 0 bridgehead atoms. The van der Waals surface area contributed by atoms with Gasteiger partial charge in [-0.2, -0.15) is 0 Å². The molecule has 0 spiro atoms. The summed E-state index contributed by atoms with van der Waals surface area (Å²) in [6.07, 6.45) is 3.97. The van der Waals surface area contributed by atoms with Crippen LogP contribution in [0.5, 0.6) is 5.88 Å². The molecule has 1 aromatic heterocycles. The lowest BCUT2D eigenvalue weighted by Crippen LogP contribution is -2.22. The molecular formula is C13H19FN2O. The van der Waals surface area contributed by atoms with Crippen molar-refractivity contribution in [3.63, 3.8) is 0 Å². The van der Waals surface area contributed by atoms with Crippen LogP contribution in [-0.2, 0) is 0 Å². The Labute approximate surface area is 101 Å². The smallest absolute Gasteiger partial charge is 0.250 e. The molecule has 1 aromatic rings. The molecule has 1 fully saturated rings. The van der Waals surface area contributed by atoms with Crippen LogP contribution in [0.2, 0.25) is 0 Å². The van der Waals surface area contributed by atoms with Gasteiger partial charge in [0.25, 0.3) is 5.88 Å². The van der Waals surface area contributed by atoms with Crippen molar-refractivity contribution in [1.82, 2.24) is 4.98 Å². The van der Waals surface area contributed by atoms with Crippen molar-refractivity contribution >= 4 is 0 Å². The molecule has 3 nitrogen and oxygen atoms in total. The zero-order chi connectivity index (χ0) is 12.4. The molecule has 0 aliphatic heterocycles. The number of nitrogens with two attached hydrogens (primary N) is 1. The standard InChI is InChI=1S/C13H19FN2O/c1-3-17-13-11(14)10(6-7-16-13)12(15)8(2)9-4-5-9/h6-9,12H,3-5,15H2,1-2H3. The van der Waals surface area contributed by atoms with Gasteiger partial charge in [0.05, 0.1) is 6.61 Å². The molecule has 0 amide bonds. The van der Waals surface area contributed by atoms with Crippen LogP contribution in [0.3, 0.4) is 0 Å². The van der Waals surface area contributed by atoms with E-state index in [0.29, 0.717) is 24.0 Å². The van der Waals surface area contributed by atoms with Crippen molar-refractivity contribution in [2.45, 2.75) is 32.7 Å². The van der Waals surface area contributed by atoms with E-state index in [4.69, 9.17) is 10.5 Å². The molecule has 1 aliphatic rings. The van der Waals surface area contributed by atoms with Crippen LogP contribution in [0.1, 0.15) is 38.3 Å². The highest BCUT2D eigenvalue weighted by Crippen LogP contribution is 2.42. The van der Waals surface area contributed by atoms with Gasteiger partial charge in [-0.15, -0.1) is 0 Å². The van der Waals surface area contributed by atoms with E-state index in [2.05, 4.69) is 11.9 Å². The van der Waals surface area contributed by atoms with E-state index in [-0.39, 0.29) is 11.9 Å². The van der Waals surface area contributed by atoms with Gasteiger partial charge in [-0.1, -0.05) is 6.92 Å². The molecule has 2 rings (SSSR count). The summed E-state index contributed by atoms with van der Waals surface area (Å²) in [7, 11) is 0. The van der Waals surface area contributed by atoms with E-state index in [9.17, 15) is 4.39 Å². The average molecular weight is 238 g/mol. The van der Waals surface area contributed by atoms with Crippen LogP contribution in [0.25, 0.3) is 0 Å². The Morgan fingerprint density at radius 2 is 2.29 bits per heavy atom. The summed E-state index contributed by atoms with van der Waals surface area (Å²) in [5.74, 6) is 0.604. The van der Waals surface area contributed by atoms with E-state index in [1.807, 2.05) is 0 Å². The fourth-order valence-electron chi connectivity index (χ4n) is 2.13. The second-order valence-electron chi connectivity index (χ2n) is 4.67. The first-order valence-corrected chi connectivity index (χ1v) is 6.18. The van der Waals surface area contributed by atoms with Crippen molar-refractivity contribution < 1.29 is 9.13 Å². The minimum Gasteiger partial charge on any atom is -0.476 e. The molecule has 2 N–H and O–H groups in total. The Bertz CT molecular complexity index is 393. The Kier molecular flexibility index (Phi) is 3.62. The predicted octanol–water partition coefficient (Wildman–Crippen LogP) is 2.67. The van der Waals surface area contributed by atoms with Crippen LogP contribution in [0.4, 0.5) is 4.39 Å². The first kappa shape index (κ1) is 12.3. The maximum absolute atomic E-state index is 14.1. The number of rotatable bonds is 5. The van der Waals surface area contributed by atoms with Crippen molar-refractivity contribution in [2.24, 2.45) is 17.6 Å². The molecule has 4 heteroatoms. The van der Waals surface area contributed by atoms with E-state index >= 15 is 0 Å². The highest BCUT2D eigenvalue weighted by molar-refractivity contribution is 5.27. The minimum atomic E-state index is -0.408. The lowest BCUT2D eigenvalue weighted by molar-refractivity contribution is 0.302. The highest BCUT2D eigenvalue weighted by atomic mass is 19.1. The van der Waals surface area contributed by atoms with Crippen molar-refractivity contribution in [2.75, 3.05) is 6.61 Å². The number of nitrogens with zero attached hydrogens (tertiary/aromatic N) is 1. The second kappa shape index (κ2) is 5.00. The molecule has 17 heavy (non-hydrogen) atoms. The molecule has 94 valence electrons. The third-order valence-corrected chi connectivity index (χ3v) is 3.46. The quantitative estimate of drug-likeness (QED) is 0.858. The van der Waals surface area contributed by atoms with Gasteiger partial charge in [-0.05, 0) is 37.7 Å². The van der Waals surface area contributed by atoms with Gasteiger partial charge in [-0.25, -0.2) is 9.37 Å².